The molecule has 1 N–H and O–H groups in total. The Balaban J connectivity index is 2.15. The highest BCUT2D eigenvalue weighted by Crippen LogP contribution is 2.13. The molecule has 0 atom stereocenters. The second-order valence-corrected chi connectivity index (χ2v) is 3.83. The molecule has 1 aliphatic rings. The third-order valence-electron chi connectivity index (χ3n) is 2.63. The predicted octanol–water partition coefficient (Wildman–Crippen LogP) is 2.01. The van der Waals surface area contributed by atoms with Crippen LogP contribution in [0.2, 0.25) is 0 Å². The molecule has 0 bridgehead atoms. The van der Waals surface area contributed by atoms with E-state index < -0.39 is 17.5 Å². The van der Waals surface area contributed by atoms with Crippen molar-refractivity contribution in [2.24, 2.45) is 11.1 Å². The van der Waals surface area contributed by atoms with Crippen molar-refractivity contribution in [2.75, 3.05) is 0 Å². The molecule has 90 valence electrons. The molecular weight excluding hydrogens is 230 g/mol. The number of carbonyl (C=O) groups is 2. The number of benzene rings is 1. The molecular formula is C14H11NO3. The second-order valence-electron chi connectivity index (χ2n) is 3.83. The van der Waals surface area contributed by atoms with Crippen molar-refractivity contribution in [3.05, 3.63) is 60.2 Å². The Kier molecular flexibility index (Phi) is 3.48. The fraction of sp³-hybridized carbons (Fsp3) is 0.0714. The highest BCUT2D eigenvalue weighted by molar-refractivity contribution is 6.45. The molecule has 0 fully saturated rings. The highest BCUT2D eigenvalue weighted by Gasteiger charge is 2.23. The number of oxime groups is 1. The molecule has 0 aliphatic heterocycles. The Bertz CT molecular complexity index is 540. The summed E-state index contributed by atoms with van der Waals surface area (Å²) in [5.74, 6) is -1.60. The minimum atomic E-state index is -0.594. The Morgan fingerprint density at radius 2 is 1.67 bits per heavy atom. The lowest BCUT2D eigenvalue weighted by molar-refractivity contribution is -0.116. The van der Waals surface area contributed by atoms with Gasteiger partial charge in [0.2, 0.25) is 11.6 Å². The highest BCUT2D eigenvalue weighted by atomic mass is 16.4. The standard InChI is InChI=1S/C14H11NO3/c16-13(10-4-2-1-3-5-10)14(17)11-6-8-12(15-18)9-7-11/h1-9,11,18H. The summed E-state index contributed by atoms with van der Waals surface area (Å²) in [6.07, 6.45) is 6.08. The number of carbonyl (C=O) groups excluding carboxylic acids is 2. The van der Waals surface area contributed by atoms with Crippen LogP contribution < -0.4 is 0 Å². The van der Waals surface area contributed by atoms with Gasteiger partial charge in [-0.05, 0) is 12.2 Å². The number of hydrogen-bond donors (Lipinski definition) is 1. The lowest BCUT2D eigenvalue weighted by Crippen LogP contribution is -2.22. The van der Waals surface area contributed by atoms with Crippen molar-refractivity contribution in [1.82, 2.24) is 0 Å². The van der Waals surface area contributed by atoms with Crippen LogP contribution >= 0.6 is 0 Å². The SMILES string of the molecule is O=C(C(=O)C1C=CC(=NO)C=C1)c1ccccc1. The smallest absolute Gasteiger partial charge is 0.229 e. The molecule has 0 aromatic heterocycles. The Labute approximate surface area is 104 Å². The molecule has 1 aromatic carbocycles. The summed E-state index contributed by atoms with van der Waals surface area (Å²) in [6, 6.07) is 8.42. The van der Waals surface area contributed by atoms with E-state index in [9.17, 15) is 9.59 Å². The summed E-state index contributed by atoms with van der Waals surface area (Å²) in [4.78, 5) is 23.8. The van der Waals surface area contributed by atoms with E-state index in [4.69, 9.17) is 5.21 Å². The summed E-state index contributed by atoms with van der Waals surface area (Å²) in [7, 11) is 0. The van der Waals surface area contributed by atoms with Crippen molar-refractivity contribution in [3.8, 4) is 0 Å². The van der Waals surface area contributed by atoms with Gasteiger partial charge in [-0.15, -0.1) is 0 Å². The molecule has 4 nitrogen and oxygen atoms in total. The first-order valence-electron chi connectivity index (χ1n) is 5.44. The number of Topliss-reactive ketones (excluding diaryl/α,β-unsaturated/α-hetero) is 2. The van der Waals surface area contributed by atoms with Gasteiger partial charge in [-0.3, -0.25) is 9.59 Å². The zero-order chi connectivity index (χ0) is 13.0. The van der Waals surface area contributed by atoms with Crippen LogP contribution in [-0.2, 0) is 4.79 Å². The maximum atomic E-state index is 11.9. The van der Waals surface area contributed by atoms with Gasteiger partial charge < -0.3 is 5.21 Å². The summed E-state index contributed by atoms with van der Waals surface area (Å²) in [5.41, 5.74) is 0.733. The minimum Gasteiger partial charge on any atom is -0.410 e. The van der Waals surface area contributed by atoms with Gasteiger partial charge in [0.05, 0.1) is 5.92 Å². The normalized spacial score (nSPS) is 17.6. The van der Waals surface area contributed by atoms with Crippen LogP contribution in [0.5, 0.6) is 0 Å². The zero-order valence-corrected chi connectivity index (χ0v) is 9.48. The van der Waals surface area contributed by atoms with E-state index in [1.807, 2.05) is 0 Å². The van der Waals surface area contributed by atoms with Crippen LogP contribution in [0.15, 0.2) is 59.8 Å². The molecule has 0 saturated carbocycles. The molecule has 1 aromatic rings. The van der Waals surface area contributed by atoms with Crippen LogP contribution in [0.25, 0.3) is 0 Å². The molecule has 0 unspecified atom stereocenters. The summed E-state index contributed by atoms with van der Waals surface area (Å²) < 4.78 is 0. The van der Waals surface area contributed by atoms with Gasteiger partial charge >= 0.3 is 0 Å². The molecule has 2 rings (SSSR count). The first-order chi connectivity index (χ1) is 8.72. The van der Waals surface area contributed by atoms with Gasteiger partial charge in [-0.2, -0.15) is 0 Å². The van der Waals surface area contributed by atoms with E-state index in [1.165, 1.54) is 24.3 Å². The van der Waals surface area contributed by atoms with Crippen LogP contribution in [-0.4, -0.2) is 22.5 Å². The van der Waals surface area contributed by atoms with Crippen LogP contribution in [0.4, 0.5) is 0 Å². The van der Waals surface area contributed by atoms with Gasteiger partial charge in [0.1, 0.15) is 5.71 Å². The van der Waals surface area contributed by atoms with Gasteiger partial charge in [-0.1, -0.05) is 47.6 Å². The molecule has 18 heavy (non-hydrogen) atoms. The van der Waals surface area contributed by atoms with Crippen LogP contribution in [0.3, 0.4) is 0 Å². The van der Waals surface area contributed by atoms with Crippen molar-refractivity contribution in [2.45, 2.75) is 0 Å². The number of allylic oxidation sites excluding steroid dienone is 4. The molecule has 0 spiro atoms. The van der Waals surface area contributed by atoms with Crippen molar-refractivity contribution >= 4 is 17.3 Å². The average molecular weight is 241 g/mol. The first kappa shape index (κ1) is 12.0. The van der Waals surface area contributed by atoms with Crippen molar-refractivity contribution < 1.29 is 14.8 Å². The number of rotatable bonds is 3. The van der Waals surface area contributed by atoms with Gasteiger partial charge in [0.15, 0.2) is 0 Å². The number of nitrogens with zero attached hydrogens (tertiary/aromatic N) is 1. The quantitative estimate of drug-likeness (QED) is 0.381. The van der Waals surface area contributed by atoms with E-state index in [2.05, 4.69) is 5.16 Å². The average Bonchev–Trinajstić information content (AvgIpc) is 2.47. The molecule has 0 radical (unpaired) electrons. The summed E-state index contributed by atoms with van der Waals surface area (Å²) in [5, 5.41) is 11.5. The van der Waals surface area contributed by atoms with E-state index >= 15 is 0 Å². The topological polar surface area (TPSA) is 66.7 Å². The Hall–Kier alpha value is -2.49. The predicted molar refractivity (Wildman–Crippen MR) is 66.8 cm³/mol. The van der Waals surface area contributed by atoms with E-state index in [-0.39, 0.29) is 0 Å². The zero-order valence-electron chi connectivity index (χ0n) is 9.48. The van der Waals surface area contributed by atoms with Crippen molar-refractivity contribution in [3.63, 3.8) is 0 Å². The fourth-order valence-corrected chi connectivity index (χ4v) is 1.65. The maximum absolute atomic E-state index is 11.9. The summed E-state index contributed by atoms with van der Waals surface area (Å²) >= 11 is 0. The van der Waals surface area contributed by atoms with Crippen molar-refractivity contribution in [1.29, 1.82) is 0 Å². The number of ketones is 2. The van der Waals surface area contributed by atoms with Gasteiger partial charge in [0, 0.05) is 5.56 Å². The lowest BCUT2D eigenvalue weighted by Gasteiger charge is -2.09. The lowest BCUT2D eigenvalue weighted by atomic mass is 9.93. The second kappa shape index (κ2) is 5.23. The van der Waals surface area contributed by atoms with Crippen LogP contribution in [0.1, 0.15) is 10.4 Å². The van der Waals surface area contributed by atoms with Crippen LogP contribution in [0, 0.1) is 5.92 Å². The molecule has 0 saturated heterocycles. The minimum absolute atomic E-state index is 0.353. The molecule has 4 heteroatoms. The molecule has 0 amide bonds. The number of hydrogen-bond acceptors (Lipinski definition) is 4. The molecule has 0 heterocycles. The van der Waals surface area contributed by atoms with E-state index in [1.54, 1.807) is 30.3 Å². The van der Waals surface area contributed by atoms with Gasteiger partial charge in [0.25, 0.3) is 0 Å². The monoisotopic (exact) mass is 241 g/mol. The Morgan fingerprint density at radius 3 is 2.22 bits per heavy atom. The Morgan fingerprint density at radius 1 is 1.06 bits per heavy atom. The maximum Gasteiger partial charge on any atom is 0.229 e. The first-order valence-corrected chi connectivity index (χ1v) is 5.44. The van der Waals surface area contributed by atoms with Gasteiger partial charge in [-0.25, -0.2) is 0 Å². The molecule has 1 aliphatic carbocycles. The van der Waals surface area contributed by atoms with E-state index in [0.717, 1.165) is 0 Å². The third-order valence-corrected chi connectivity index (χ3v) is 2.63. The largest absolute Gasteiger partial charge is 0.410 e. The third kappa shape index (κ3) is 2.43. The fourth-order valence-electron chi connectivity index (χ4n) is 1.65. The van der Waals surface area contributed by atoms with E-state index in [0.29, 0.717) is 11.3 Å². The summed E-state index contributed by atoms with van der Waals surface area (Å²) in [6.45, 7) is 0.